The van der Waals surface area contributed by atoms with Crippen LogP contribution in [0.2, 0.25) is 0 Å². The van der Waals surface area contributed by atoms with Gasteiger partial charge in [0.15, 0.2) is 0 Å². The van der Waals surface area contributed by atoms with Gasteiger partial charge in [-0.15, -0.1) is 0 Å². The predicted octanol–water partition coefficient (Wildman–Crippen LogP) is 2.03. The van der Waals surface area contributed by atoms with Gasteiger partial charge in [-0.05, 0) is 58.2 Å². The van der Waals surface area contributed by atoms with Gasteiger partial charge >= 0.3 is 0 Å². The Bertz CT molecular complexity index is 239. The molecule has 0 unspecified atom stereocenters. The van der Waals surface area contributed by atoms with E-state index in [-0.39, 0.29) is 0 Å². The maximum absolute atomic E-state index is 3.47. The summed E-state index contributed by atoms with van der Waals surface area (Å²) in [6.45, 7) is 10.7. The van der Waals surface area contributed by atoms with E-state index in [1.807, 2.05) is 0 Å². The molecule has 2 nitrogen and oxygen atoms in total. The lowest BCUT2D eigenvalue weighted by atomic mass is 9.78. The third kappa shape index (κ3) is 2.61. The molecular formula is C13H24N2. The highest BCUT2D eigenvalue weighted by Crippen LogP contribution is 2.38. The summed E-state index contributed by atoms with van der Waals surface area (Å²) in [6.07, 6.45) is 6.44. The number of allylic oxidation sites excluding steroid dienone is 1. The Labute approximate surface area is 93.7 Å². The van der Waals surface area contributed by atoms with Crippen molar-refractivity contribution in [2.45, 2.75) is 33.1 Å². The van der Waals surface area contributed by atoms with Crippen LogP contribution >= 0.6 is 0 Å². The van der Waals surface area contributed by atoms with E-state index in [4.69, 9.17) is 0 Å². The predicted molar refractivity (Wildman–Crippen MR) is 65.0 cm³/mol. The molecule has 2 heterocycles. The second kappa shape index (κ2) is 4.67. The van der Waals surface area contributed by atoms with Gasteiger partial charge in [0.1, 0.15) is 0 Å². The SMILES string of the molecule is CC=C(C)CN1CCC2(CCNCC2)C1. The van der Waals surface area contributed by atoms with Gasteiger partial charge in [0, 0.05) is 13.1 Å². The minimum absolute atomic E-state index is 0.666. The van der Waals surface area contributed by atoms with Gasteiger partial charge in [-0.1, -0.05) is 11.6 Å². The highest BCUT2D eigenvalue weighted by molar-refractivity contribution is 5.02. The first-order valence-electron chi connectivity index (χ1n) is 6.29. The molecule has 0 aromatic rings. The standard InChI is InChI=1S/C13H24N2/c1-3-12(2)10-15-9-6-13(11-15)4-7-14-8-5-13/h3,14H,4-11H2,1-2H3. The molecule has 1 N–H and O–H groups in total. The second-order valence-electron chi connectivity index (χ2n) is 5.35. The molecule has 0 aliphatic carbocycles. The smallest absolute Gasteiger partial charge is 0.0190 e. The van der Waals surface area contributed by atoms with E-state index in [1.165, 1.54) is 57.6 Å². The largest absolute Gasteiger partial charge is 0.317 e. The van der Waals surface area contributed by atoms with Crippen LogP contribution in [0.5, 0.6) is 0 Å². The molecule has 0 atom stereocenters. The Kier molecular flexibility index (Phi) is 3.47. The molecule has 2 rings (SSSR count). The zero-order valence-corrected chi connectivity index (χ0v) is 10.2. The first-order valence-corrected chi connectivity index (χ1v) is 6.29. The molecule has 0 bridgehead atoms. The summed E-state index contributed by atoms with van der Waals surface area (Å²) in [5.41, 5.74) is 2.18. The maximum atomic E-state index is 3.47. The van der Waals surface area contributed by atoms with Crippen LogP contribution in [-0.4, -0.2) is 37.6 Å². The van der Waals surface area contributed by atoms with Gasteiger partial charge in [0.2, 0.25) is 0 Å². The Balaban J connectivity index is 1.88. The van der Waals surface area contributed by atoms with Gasteiger partial charge in [0.25, 0.3) is 0 Å². The fraction of sp³-hybridized carbons (Fsp3) is 0.846. The summed E-state index contributed by atoms with van der Waals surface area (Å²) in [5, 5.41) is 3.47. The minimum atomic E-state index is 0.666. The second-order valence-corrected chi connectivity index (χ2v) is 5.35. The molecule has 2 heteroatoms. The number of piperidine rings is 1. The average Bonchev–Trinajstić information content (AvgIpc) is 2.62. The summed E-state index contributed by atoms with van der Waals surface area (Å²) >= 11 is 0. The first kappa shape index (κ1) is 11.2. The van der Waals surface area contributed by atoms with Gasteiger partial charge in [-0.3, -0.25) is 4.90 Å². The molecule has 1 spiro atoms. The van der Waals surface area contributed by atoms with E-state index in [2.05, 4.69) is 30.1 Å². The van der Waals surface area contributed by atoms with Crippen LogP contribution in [-0.2, 0) is 0 Å². The van der Waals surface area contributed by atoms with E-state index in [9.17, 15) is 0 Å². The summed E-state index contributed by atoms with van der Waals surface area (Å²) in [5.74, 6) is 0. The van der Waals surface area contributed by atoms with E-state index in [0.29, 0.717) is 5.41 Å². The van der Waals surface area contributed by atoms with Crippen LogP contribution in [0.1, 0.15) is 33.1 Å². The summed E-state index contributed by atoms with van der Waals surface area (Å²) in [4.78, 5) is 2.64. The topological polar surface area (TPSA) is 15.3 Å². The number of hydrogen-bond donors (Lipinski definition) is 1. The first-order chi connectivity index (χ1) is 7.24. The number of nitrogens with one attached hydrogen (secondary N) is 1. The normalized spacial score (nSPS) is 27.5. The van der Waals surface area contributed by atoms with Crippen LogP contribution < -0.4 is 5.32 Å². The molecular weight excluding hydrogens is 184 g/mol. The van der Waals surface area contributed by atoms with Gasteiger partial charge in [-0.25, -0.2) is 0 Å². The van der Waals surface area contributed by atoms with Crippen LogP contribution in [0.25, 0.3) is 0 Å². The van der Waals surface area contributed by atoms with Crippen molar-refractivity contribution in [2.75, 3.05) is 32.7 Å². The molecule has 0 aromatic heterocycles. The lowest BCUT2D eigenvalue weighted by molar-refractivity contribution is 0.201. The van der Waals surface area contributed by atoms with Crippen LogP contribution in [0.3, 0.4) is 0 Å². The highest BCUT2D eigenvalue weighted by atomic mass is 15.2. The average molecular weight is 208 g/mol. The Morgan fingerprint density at radius 3 is 2.73 bits per heavy atom. The maximum Gasteiger partial charge on any atom is 0.0190 e. The highest BCUT2D eigenvalue weighted by Gasteiger charge is 2.38. The third-order valence-electron chi connectivity index (χ3n) is 4.15. The number of rotatable bonds is 2. The minimum Gasteiger partial charge on any atom is -0.317 e. The van der Waals surface area contributed by atoms with E-state index in [1.54, 1.807) is 0 Å². The van der Waals surface area contributed by atoms with Crippen molar-refractivity contribution in [2.24, 2.45) is 5.41 Å². The molecule has 2 saturated heterocycles. The third-order valence-corrected chi connectivity index (χ3v) is 4.15. The Morgan fingerprint density at radius 2 is 2.07 bits per heavy atom. The Morgan fingerprint density at radius 1 is 1.33 bits per heavy atom. The van der Waals surface area contributed by atoms with Crippen LogP contribution in [0.15, 0.2) is 11.6 Å². The summed E-state index contributed by atoms with van der Waals surface area (Å²) < 4.78 is 0. The molecule has 0 amide bonds. The van der Waals surface area contributed by atoms with Crippen molar-refractivity contribution in [3.8, 4) is 0 Å². The number of likely N-dealkylation sites (tertiary alicyclic amines) is 1. The Hall–Kier alpha value is -0.340. The lowest BCUT2D eigenvalue weighted by Gasteiger charge is -2.34. The molecule has 15 heavy (non-hydrogen) atoms. The van der Waals surface area contributed by atoms with Crippen molar-refractivity contribution in [3.63, 3.8) is 0 Å². The van der Waals surface area contributed by atoms with Crippen molar-refractivity contribution in [3.05, 3.63) is 11.6 Å². The van der Waals surface area contributed by atoms with Gasteiger partial charge in [-0.2, -0.15) is 0 Å². The quantitative estimate of drug-likeness (QED) is 0.699. The molecule has 2 aliphatic rings. The summed E-state index contributed by atoms with van der Waals surface area (Å²) in [6, 6.07) is 0. The zero-order valence-electron chi connectivity index (χ0n) is 10.2. The zero-order chi connectivity index (χ0) is 10.7. The molecule has 0 radical (unpaired) electrons. The molecule has 0 aromatic carbocycles. The monoisotopic (exact) mass is 208 g/mol. The number of nitrogens with zero attached hydrogens (tertiary/aromatic N) is 1. The number of hydrogen-bond acceptors (Lipinski definition) is 2. The van der Waals surface area contributed by atoms with Crippen molar-refractivity contribution < 1.29 is 0 Å². The van der Waals surface area contributed by atoms with E-state index in [0.717, 1.165) is 0 Å². The van der Waals surface area contributed by atoms with Crippen molar-refractivity contribution in [1.29, 1.82) is 0 Å². The molecule has 2 fully saturated rings. The van der Waals surface area contributed by atoms with Gasteiger partial charge < -0.3 is 5.32 Å². The van der Waals surface area contributed by atoms with Crippen LogP contribution in [0.4, 0.5) is 0 Å². The lowest BCUT2D eigenvalue weighted by Crippen LogP contribution is -2.38. The van der Waals surface area contributed by atoms with E-state index < -0.39 is 0 Å². The molecule has 86 valence electrons. The fourth-order valence-corrected chi connectivity index (χ4v) is 2.97. The van der Waals surface area contributed by atoms with Gasteiger partial charge in [0.05, 0.1) is 0 Å². The van der Waals surface area contributed by atoms with Crippen molar-refractivity contribution >= 4 is 0 Å². The molecule has 2 aliphatic heterocycles. The van der Waals surface area contributed by atoms with Crippen LogP contribution in [0, 0.1) is 5.41 Å². The molecule has 0 saturated carbocycles. The fourth-order valence-electron chi connectivity index (χ4n) is 2.97. The summed E-state index contributed by atoms with van der Waals surface area (Å²) in [7, 11) is 0. The van der Waals surface area contributed by atoms with Crippen molar-refractivity contribution in [1.82, 2.24) is 10.2 Å². The van der Waals surface area contributed by atoms with E-state index >= 15 is 0 Å².